The summed E-state index contributed by atoms with van der Waals surface area (Å²) in [5, 5.41) is 12.4. The topological polar surface area (TPSA) is 42.6 Å². The zero-order chi connectivity index (χ0) is 25.2. The molecule has 4 aromatic carbocycles. The van der Waals surface area contributed by atoms with Crippen LogP contribution in [-0.2, 0) is 0 Å². The van der Waals surface area contributed by atoms with Crippen LogP contribution >= 0.6 is 0 Å². The minimum atomic E-state index is -0.00623. The maximum absolute atomic E-state index is 5.40. The summed E-state index contributed by atoms with van der Waals surface area (Å²) in [4.78, 5) is 0. The van der Waals surface area contributed by atoms with Crippen LogP contribution in [-0.4, -0.2) is 22.6 Å². The maximum Gasteiger partial charge on any atom is 0.118 e. The van der Waals surface area contributed by atoms with Crippen molar-refractivity contribution in [1.82, 2.24) is 9.78 Å². The van der Waals surface area contributed by atoms with Gasteiger partial charge in [-0.2, -0.15) is 10.2 Å². The van der Waals surface area contributed by atoms with Gasteiger partial charge in [-0.25, -0.2) is 4.68 Å². The highest BCUT2D eigenvalue weighted by molar-refractivity contribution is 6.03. The van der Waals surface area contributed by atoms with Crippen molar-refractivity contribution in [1.29, 1.82) is 0 Å². The van der Waals surface area contributed by atoms with E-state index in [-0.39, 0.29) is 6.04 Å². The first kappa shape index (κ1) is 22.8. The van der Waals surface area contributed by atoms with Gasteiger partial charge in [-0.15, -0.1) is 0 Å². The molecule has 1 atom stereocenters. The number of methoxy groups -OCH3 is 1. The molecular weight excluding hydrogens is 456 g/mol. The minimum absolute atomic E-state index is 0.00623. The number of hydrazone groups is 1. The first-order valence-corrected chi connectivity index (χ1v) is 12.5. The molecule has 0 spiro atoms. The predicted octanol–water partition coefficient (Wildman–Crippen LogP) is 7.21. The Bertz CT molecular complexity index is 1520. The first-order chi connectivity index (χ1) is 18.2. The quantitative estimate of drug-likeness (QED) is 0.256. The summed E-state index contributed by atoms with van der Waals surface area (Å²) in [6.45, 7) is 2.11. The lowest BCUT2D eigenvalue weighted by Crippen LogP contribution is -2.18. The van der Waals surface area contributed by atoms with Gasteiger partial charge in [-0.05, 0) is 61.0 Å². The lowest BCUT2D eigenvalue weighted by Gasteiger charge is -2.23. The van der Waals surface area contributed by atoms with Gasteiger partial charge in [0.2, 0.25) is 0 Å². The molecule has 2 heterocycles. The van der Waals surface area contributed by atoms with Crippen molar-refractivity contribution in [3.05, 3.63) is 132 Å². The summed E-state index contributed by atoms with van der Waals surface area (Å²) >= 11 is 0. The number of aryl methyl sites for hydroxylation is 1. The molecule has 5 aromatic rings. The SMILES string of the molecule is COc1ccc(-c2nn(-c3ccccc3)cc2C2CC(c3ccc(C)cc3)=NN2c2ccccc2)cc1. The van der Waals surface area contributed by atoms with Crippen LogP contribution in [0.2, 0.25) is 0 Å². The first-order valence-electron chi connectivity index (χ1n) is 12.5. The molecule has 0 fully saturated rings. The second kappa shape index (κ2) is 9.78. The molecule has 0 saturated carbocycles. The molecule has 0 radical (unpaired) electrons. The third kappa shape index (κ3) is 4.52. The molecule has 1 aliphatic heterocycles. The van der Waals surface area contributed by atoms with Crippen molar-refractivity contribution in [3.8, 4) is 22.7 Å². The Morgan fingerprint density at radius 3 is 2.00 bits per heavy atom. The highest BCUT2D eigenvalue weighted by Crippen LogP contribution is 2.41. The molecule has 5 nitrogen and oxygen atoms in total. The highest BCUT2D eigenvalue weighted by atomic mass is 16.5. The van der Waals surface area contributed by atoms with E-state index in [9.17, 15) is 0 Å². The Morgan fingerprint density at radius 2 is 1.35 bits per heavy atom. The van der Waals surface area contributed by atoms with Crippen LogP contribution in [0.5, 0.6) is 5.75 Å². The van der Waals surface area contributed by atoms with Crippen molar-refractivity contribution in [2.75, 3.05) is 12.1 Å². The summed E-state index contributed by atoms with van der Waals surface area (Å²) in [5.74, 6) is 0.824. The van der Waals surface area contributed by atoms with Crippen molar-refractivity contribution >= 4 is 11.4 Å². The average Bonchev–Trinajstić information content (AvgIpc) is 3.60. The van der Waals surface area contributed by atoms with E-state index in [4.69, 9.17) is 14.9 Å². The fraction of sp³-hybridized carbons (Fsp3) is 0.125. The van der Waals surface area contributed by atoms with E-state index < -0.39 is 0 Å². The lowest BCUT2D eigenvalue weighted by molar-refractivity contribution is 0.415. The van der Waals surface area contributed by atoms with Gasteiger partial charge in [-0.3, -0.25) is 5.01 Å². The summed E-state index contributed by atoms with van der Waals surface area (Å²) < 4.78 is 7.38. The standard InChI is InChI=1S/C32H28N4O/c1-23-13-15-24(16-14-23)30-21-31(36(33-30)27-11-7-4-8-12-27)29-22-35(26-9-5-3-6-10-26)34-32(29)25-17-19-28(37-2)20-18-25/h3-20,22,31H,21H2,1-2H3. The fourth-order valence-corrected chi connectivity index (χ4v) is 4.81. The number of hydrogen-bond donors (Lipinski definition) is 0. The monoisotopic (exact) mass is 484 g/mol. The summed E-state index contributed by atoms with van der Waals surface area (Å²) in [5.41, 5.74) is 8.65. The van der Waals surface area contributed by atoms with Crippen LogP contribution in [0.15, 0.2) is 120 Å². The van der Waals surface area contributed by atoms with Gasteiger partial charge in [0.1, 0.15) is 5.75 Å². The molecule has 0 saturated heterocycles. The van der Waals surface area contributed by atoms with Gasteiger partial charge < -0.3 is 4.74 Å². The highest BCUT2D eigenvalue weighted by Gasteiger charge is 2.33. The Labute approximate surface area is 217 Å². The average molecular weight is 485 g/mol. The zero-order valence-corrected chi connectivity index (χ0v) is 21.0. The van der Waals surface area contributed by atoms with E-state index in [1.54, 1.807) is 7.11 Å². The molecule has 182 valence electrons. The molecule has 1 unspecified atom stereocenters. The number of para-hydroxylation sites is 2. The second-order valence-corrected chi connectivity index (χ2v) is 9.25. The van der Waals surface area contributed by atoms with Crippen molar-refractivity contribution in [3.63, 3.8) is 0 Å². The van der Waals surface area contributed by atoms with Crippen molar-refractivity contribution in [2.45, 2.75) is 19.4 Å². The number of benzene rings is 4. The molecule has 0 N–H and O–H groups in total. The van der Waals surface area contributed by atoms with E-state index in [0.29, 0.717) is 0 Å². The normalized spacial score (nSPS) is 15.0. The number of hydrogen-bond acceptors (Lipinski definition) is 4. The van der Waals surface area contributed by atoms with Gasteiger partial charge in [0.25, 0.3) is 0 Å². The molecule has 1 aromatic heterocycles. The Morgan fingerprint density at radius 1 is 0.730 bits per heavy atom. The minimum Gasteiger partial charge on any atom is -0.497 e. The summed E-state index contributed by atoms with van der Waals surface area (Å²) in [6, 6.07) is 37.4. The number of rotatable bonds is 6. The van der Waals surface area contributed by atoms with Gasteiger partial charge in [0, 0.05) is 23.7 Å². The van der Waals surface area contributed by atoms with Crippen LogP contribution in [0.25, 0.3) is 16.9 Å². The van der Waals surface area contributed by atoms with E-state index in [2.05, 4.69) is 90.9 Å². The van der Waals surface area contributed by atoms with Gasteiger partial charge in [-0.1, -0.05) is 66.2 Å². The molecule has 0 aliphatic carbocycles. The second-order valence-electron chi connectivity index (χ2n) is 9.25. The van der Waals surface area contributed by atoms with E-state index >= 15 is 0 Å². The van der Waals surface area contributed by atoms with Crippen LogP contribution in [0.4, 0.5) is 5.69 Å². The van der Waals surface area contributed by atoms with Crippen molar-refractivity contribution in [2.24, 2.45) is 5.10 Å². The van der Waals surface area contributed by atoms with Gasteiger partial charge >= 0.3 is 0 Å². The van der Waals surface area contributed by atoms with Crippen LogP contribution < -0.4 is 9.75 Å². The molecule has 0 bridgehead atoms. The molecule has 6 rings (SSSR count). The van der Waals surface area contributed by atoms with E-state index in [1.165, 1.54) is 5.56 Å². The van der Waals surface area contributed by atoms with Crippen LogP contribution in [0.1, 0.15) is 29.2 Å². The molecule has 5 heteroatoms. The van der Waals surface area contributed by atoms with Gasteiger partial charge in [0.15, 0.2) is 0 Å². The number of aromatic nitrogens is 2. The fourth-order valence-electron chi connectivity index (χ4n) is 4.81. The number of ether oxygens (including phenoxy) is 1. The maximum atomic E-state index is 5.40. The summed E-state index contributed by atoms with van der Waals surface area (Å²) in [6.07, 6.45) is 2.94. The van der Waals surface area contributed by atoms with Crippen LogP contribution in [0, 0.1) is 6.92 Å². The summed E-state index contributed by atoms with van der Waals surface area (Å²) in [7, 11) is 1.69. The third-order valence-corrected chi connectivity index (χ3v) is 6.80. The zero-order valence-electron chi connectivity index (χ0n) is 21.0. The molecule has 37 heavy (non-hydrogen) atoms. The Balaban J connectivity index is 1.48. The molecule has 0 amide bonds. The van der Waals surface area contributed by atoms with E-state index in [0.717, 1.165) is 51.6 Å². The largest absolute Gasteiger partial charge is 0.497 e. The lowest BCUT2D eigenvalue weighted by atomic mass is 9.96. The number of nitrogens with zero attached hydrogens (tertiary/aromatic N) is 4. The van der Waals surface area contributed by atoms with Crippen molar-refractivity contribution < 1.29 is 4.74 Å². The number of anilines is 1. The Hall–Kier alpha value is -4.64. The molecule has 1 aliphatic rings. The Kier molecular flexibility index (Phi) is 6.03. The molecular formula is C32H28N4O. The van der Waals surface area contributed by atoms with Crippen LogP contribution in [0.3, 0.4) is 0 Å². The predicted molar refractivity (Wildman–Crippen MR) is 150 cm³/mol. The van der Waals surface area contributed by atoms with E-state index in [1.807, 2.05) is 41.1 Å². The van der Waals surface area contributed by atoms with Gasteiger partial charge in [0.05, 0.1) is 35.9 Å². The smallest absolute Gasteiger partial charge is 0.118 e. The third-order valence-electron chi connectivity index (χ3n) is 6.80.